The lowest BCUT2D eigenvalue weighted by molar-refractivity contribution is -0.152. The summed E-state index contributed by atoms with van der Waals surface area (Å²) < 4.78 is 10.1. The highest BCUT2D eigenvalue weighted by molar-refractivity contribution is 5.69. The third kappa shape index (κ3) is 21.6. The summed E-state index contributed by atoms with van der Waals surface area (Å²) in [5.74, 6) is 0.229. The Bertz CT molecular complexity index is 408. The van der Waals surface area contributed by atoms with Crippen LogP contribution in [0.3, 0.4) is 0 Å². The molecule has 0 aliphatic carbocycles. The minimum absolute atomic E-state index is 0.112. The fourth-order valence-corrected chi connectivity index (χ4v) is 3.33. The van der Waals surface area contributed by atoms with Crippen molar-refractivity contribution < 1.29 is 24.2 Å². The van der Waals surface area contributed by atoms with E-state index in [1.54, 1.807) is 0 Å². The molecule has 0 unspecified atom stereocenters. The third-order valence-electron chi connectivity index (χ3n) is 5.27. The number of hydrogen-bond acceptors (Lipinski definition) is 5. The molecule has 0 amide bonds. The molecule has 0 aromatic rings. The average molecular weight is 429 g/mol. The number of esters is 2. The topological polar surface area (TPSA) is 72.8 Å². The number of rotatable bonds is 21. The lowest BCUT2D eigenvalue weighted by atomic mass is 10.0. The quantitative estimate of drug-likeness (QED) is 0.170. The summed E-state index contributed by atoms with van der Waals surface area (Å²) in [6.45, 7) is 6.48. The molecular weight excluding hydrogens is 380 g/mol. The van der Waals surface area contributed by atoms with Crippen molar-refractivity contribution in [3.63, 3.8) is 0 Å². The highest BCUT2D eigenvalue weighted by Crippen LogP contribution is 2.13. The van der Waals surface area contributed by atoms with Crippen molar-refractivity contribution >= 4 is 11.9 Å². The number of aliphatic hydroxyl groups is 1. The summed E-state index contributed by atoms with van der Waals surface area (Å²) in [4.78, 5) is 23.3. The Morgan fingerprint density at radius 1 is 0.667 bits per heavy atom. The molecule has 5 nitrogen and oxygen atoms in total. The van der Waals surface area contributed by atoms with Crippen LogP contribution in [0.5, 0.6) is 0 Å². The number of hydrogen-bond donors (Lipinski definition) is 1. The van der Waals surface area contributed by atoms with Crippen molar-refractivity contribution in [1.82, 2.24) is 0 Å². The number of ether oxygens (including phenoxy) is 2. The number of unbranched alkanes of at least 4 members (excludes halogenated alkanes) is 11. The van der Waals surface area contributed by atoms with Crippen LogP contribution in [0.2, 0.25) is 0 Å². The van der Waals surface area contributed by atoms with E-state index in [1.807, 2.05) is 0 Å². The maximum atomic E-state index is 11.7. The van der Waals surface area contributed by atoms with Gasteiger partial charge in [-0.2, -0.15) is 0 Å². The second-order valence-electron chi connectivity index (χ2n) is 8.95. The monoisotopic (exact) mass is 428 g/mol. The Balaban J connectivity index is 3.45. The van der Waals surface area contributed by atoms with Gasteiger partial charge in [-0.15, -0.1) is 0 Å². The molecule has 1 N–H and O–H groups in total. The highest BCUT2D eigenvalue weighted by atomic mass is 16.6. The molecule has 0 saturated heterocycles. The summed E-state index contributed by atoms with van der Waals surface area (Å²) in [6.07, 6.45) is 16.1. The number of aliphatic hydroxyl groups excluding tert-OH is 1. The van der Waals surface area contributed by atoms with Crippen LogP contribution in [0, 0.1) is 5.92 Å². The Labute approximate surface area is 185 Å². The smallest absolute Gasteiger partial charge is 0.305 e. The molecule has 178 valence electrons. The SMILES string of the molecule is CCCCCCCC(=O)OC[C@@H](O)COC(=O)CCCCCCCCCCC(C)C. The van der Waals surface area contributed by atoms with E-state index in [0.29, 0.717) is 12.8 Å². The zero-order valence-corrected chi connectivity index (χ0v) is 20.0. The van der Waals surface area contributed by atoms with Gasteiger partial charge in [0.15, 0.2) is 0 Å². The van der Waals surface area contributed by atoms with Gasteiger partial charge < -0.3 is 14.6 Å². The largest absolute Gasteiger partial charge is 0.463 e. The second kappa shape index (κ2) is 21.1. The Morgan fingerprint density at radius 2 is 1.07 bits per heavy atom. The van der Waals surface area contributed by atoms with Gasteiger partial charge in [-0.3, -0.25) is 9.59 Å². The van der Waals surface area contributed by atoms with E-state index in [-0.39, 0.29) is 25.2 Å². The molecule has 0 fully saturated rings. The molecule has 0 radical (unpaired) electrons. The van der Waals surface area contributed by atoms with Crippen molar-refractivity contribution in [1.29, 1.82) is 0 Å². The van der Waals surface area contributed by atoms with Crippen LogP contribution in [0.15, 0.2) is 0 Å². The average Bonchev–Trinajstić information content (AvgIpc) is 2.71. The van der Waals surface area contributed by atoms with Crippen molar-refractivity contribution in [2.24, 2.45) is 5.92 Å². The summed E-state index contributed by atoms with van der Waals surface area (Å²) in [6, 6.07) is 0. The normalized spacial score (nSPS) is 12.2. The Hall–Kier alpha value is -1.10. The molecule has 0 bridgehead atoms. The first-order chi connectivity index (χ1) is 14.5. The molecule has 0 aliphatic rings. The van der Waals surface area contributed by atoms with Gasteiger partial charge in [0, 0.05) is 12.8 Å². The zero-order valence-electron chi connectivity index (χ0n) is 20.0. The van der Waals surface area contributed by atoms with E-state index in [4.69, 9.17) is 9.47 Å². The van der Waals surface area contributed by atoms with Crippen LogP contribution in [-0.2, 0) is 19.1 Å². The summed E-state index contributed by atoms with van der Waals surface area (Å²) in [7, 11) is 0. The highest BCUT2D eigenvalue weighted by Gasteiger charge is 2.12. The molecule has 0 aromatic carbocycles. The molecule has 0 aromatic heterocycles. The van der Waals surface area contributed by atoms with Crippen molar-refractivity contribution in [3.8, 4) is 0 Å². The van der Waals surface area contributed by atoms with E-state index in [0.717, 1.165) is 44.4 Å². The van der Waals surface area contributed by atoms with Crippen molar-refractivity contribution in [2.75, 3.05) is 13.2 Å². The summed E-state index contributed by atoms with van der Waals surface area (Å²) in [5.41, 5.74) is 0. The lowest BCUT2D eigenvalue weighted by Crippen LogP contribution is -2.25. The first-order valence-electron chi connectivity index (χ1n) is 12.4. The van der Waals surface area contributed by atoms with Gasteiger partial charge in [-0.1, -0.05) is 97.8 Å². The number of carbonyl (C=O) groups is 2. The maximum Gasteiger partial charge on any atom is 0.305 e. The van der Waals surface area contributed by atoms with Crippen LogP contribution in [0.1, 0.15) is 124 Å². The molecule has 0 rings (SSSR count). The van der Waals surface area contributed by atoms with Gasteiger partial charge >= 0.3 is 11.9 Å². The van der Waals surface area contributed by atoms with Gasteiger partial charge in [0.25, 0.3) is 0 Å². The molecule has 1 atom stereocenters. The molecule has 30 heavy (non-hydrogen) atoms. The molecule has 0 aliphatic heterocycles. The van der Waals surface area contributed by atoms with Crippen LogP contribution in [0.25, 0.3) is 0 Å². The van der Waals surface area contributed by atoms with Gasteiger partial charge in [-0.05, 0) is 18.8 Å². The van der Waals surface area contributed by atoms with Crippen LogP contribution in [0.4, 0.5) is 0 Å². The fourth-order valence-electron chi connectivity index (χ4n) is 3.33. The van der Waals surface area contributed by atoms with Gasteiger partial charge in [-0.25, -0.2) is 0 Å². The Kier molecular flexibility index (Phi) is 20.4. The van der Waals surface area contributed by atoms with Crippen molar-refractivity contribution in [3.05, 3.63) is 0 Å². The molecular formula is C25H48O5. The minimum Gasteiger partial charge on any atom is -0.463 e. The predicted molar refractivity (Wildman–Crippen MR) is 122 cm³/mol. The maximum absolute atomic E-state index is 11.7. The first-order valence-corrected chi connectivity index (χ1v) is 12.4. The Morgan fingerprint density at radius 3 is 1.50 bits per heavy atom. The summed E-state index contributed by atoms with van der Waals surface area (Å²) in [5, 5.41) is 9.79. The van der Waals surface area contributed by atoms with E-state index in [9.17, 15) is 14.7 Å². The van der Waals surface area contributed by atoms with E-state index >= 15 is 0 Å². The molecule has 0 saturated carbocycles. The van der Waals surface area contributed by atoms with E-state index < -0.39 is 6.10 Å². The minimum atomic E-state index is -0.950. The van der Waals surface area contributed by atoms with E-state index in [1.165, 1.54) is 51.4 Å². The second-order valence-corrected chi connectivity index (χ2v) is 8.95. The van der Waals surface area contributed by atoms with Gasteiger partial charge in [0.05, 0.1) is 0 Å². The third-order valence-corrected chi connectivity index (χ3v) is 5.27. The van der Waals surface area contributed by atoms with Crippen molar-refractivity contribution in [2.45, 2.75) is 130 Å². The fraction of sp³-hybridized carbons (Fsp3) is 0.920. The lowest BCUT2D eigenvalue weighted by Gasteiger charge is -2.12. The van der Waals surface area contributed by atoms with Gasteiger partial charge in [0.2, 0.25) is 0 Å². The number of carbonyl (C=O) groups excluding carboxylic acids is 2. The molecule has 0 heterocycles. The predicted octanol–water partition coefficient (Wildman–Crippen LogP) is 6.35. The van der Waals surface area contributed by atoms with Crippen LogP contribution >= 0.6 is 0 Å². The first kappa shape index (κ1) is 28.9. The zero-order chi connectivity index (χ0) is 22.5. The van der Waals surface area contributed by atoms with E-state index in [2.05, 4.69) is 20.8 Å². The summed E-state index contributed by atoms with van der Waals surface area (Å²) >= 11 is 0. The van der Waals surface area contributed by atoms with Crippen LogP contribution in [-0.4, -0.2) is 36.4 Å². The van der Waals surface area contributed by atoms with Gasteiger partial charge in [0.1, 0.15) is 19.3 Å². The van der Waals surface area contributed by atoms with Crippen LogP contribution < -0.4 is 0 Å². The molecule has 0 spiro atoms. The standard InChI is InChI=1S/C25H48O5/c1-4-5-6-11-15-18-24(27)29-20-23(26)21-30-25(28)19-16-13-10-8-7-9-12-14-17-22(2)3/h22-23,26H,4-21H2,1-3H3/t23-/m1/s1. The molecule has 5 heteroatoms.